The van der Waals surface area contributed by atoms with Gasteiger partial charge in [-0.15, -0.1) is 0 Å². The fourth-order valence-electron chi connectivity index (χ4n) is 1.78. The first-order chi connectivity index (χ1) is 9.49. The highest BCUT2D eigenvalue weighted by atomic mass is 16.5. The van der Waals surface area contributed by atoms with Crippen molar-refractivity contribution in [3.05, 3.63) is 12.3 Å². The van der Waals surface area contributed by atoms with Crippen molar-refractivity contribution >= 4 is 17.3 Å². The fourth-order valence-corrected chi connectivity index (χ4v) is 1.78. The van der Waals surface area contributed by atoms with E-state index in [9.17, 15) is 4.79 Å². The number of anilines is 2. The average molecular weight is 280 g/mol. The lowest BCUT2D eigenvalue weighted by atomic mass is 10.1. The van der Waals surface area contributed by atoms with Gasteiger partial charge in [-0.05, 0) is 24.9 Å². The molecule has 3 N–H and O–H groups in total. The van der Waals surface area contributed by atoms with E-state index in [1.165, 1.54) is 7.11 Å². The number of carbonyl (C=O) groups is 1. The second-order valence-corrected chi connectivity index (χ2v) is 5.04. The summed E-state index contributed by atoms with van der Waals surface area (Å²) >= 11 is 0. The Kier molecular flexibility index (Phi) is 6.24. The summed E-state index contributed by atoms with van der Waals surface area (Å²) in [5.74, 6) is 0.695. The van der Waals surface area contributed by atoms with Crippen molar-refractivity contribution in [3.8, 4) is 5.88 Å². The van der Waals surface area contributed by atoms with E-state index >= 15 is 0 Å². The Labute approximate surface area is 120 Å². The molecule has 1 atom stereocenters. The Morgan fingerprint density at radius 3 is 2.80 bits per heavy atom. The zero-order valence-electron chi connectivity index (χ0n) is 12.6. The van der Waals surface area contributed by atoms with E-state index in [0.29, 0.717) is 30.5 Å². The zero-order chi connectivity index (χ0) is 15.1. The van der Waals surface area contributed by atoms with E-state index < -0.39 is 0 Å². The van der Waals surface area contributed by atoms with Crippen LogP contribution in [0.1, 0.15) is 19.8 Å². The summed E-state index contributed by atoms with van der Waals surface area (Å²) in [5.41, 5.74) is 7.01. The molecule has 0 aliphatic rings. The molecule has 0 radical (unpaired) electrons. The highest BCUT2D eigenvalue weighted by molar-refractivity contribution is 5.95. The van der Waals surface area contributed by atoms with Gasteiger partial charge in [-0.3, -0.25) is 4.79 Å². The number of aromatic nitrogens is 1. The lowest BCUT2D eigenvalue weighted by Gasteiger charge is -2.19. The zero-order valence-corrected chi connectivity index (χ0v) is 12.6. The molecule has 1 rings (SSSR count). The number of carbonyl (C=O) groups excluding carboxylic acids is 1. The maximum Gasteiger partial charge on any atom is 0.239 e. The number of rotatable bonds is 7. The summed E-state index contributed by atoms with van der Waals surface area (Å²) in [5, 5.41) is 2.88. The second kappa shape index (κ2) is 7.69. The molecule has 0 saturated carbocycles. The molecule has 1 heterocycles. The van der Waals surface area contributed by atoms with Gasteiger partial charge in [0.1, 0.15) is 5.69 Å². The summed E-state index contributed by atoms with van der Waals surface area (Å²) in [6.07, 6.45) is 2.85. The SMILES string of the molecule is COc1nccc(N(C)C)c1NC(=O)CCC(C)CN. The first kappa shape index (κ1) is 16.2. The van der Waals surface area contributed by atoms with Gasteiger partial charge in [-0.1, -0.05) is 6.92 Å². The number of methoxy groups -OCH3 is 1. The number of hydrogen-bond donors (Lipinski definition) is 2. The predicted molar refractivity (Wildman–Crippen MR) is 81.2 cm³/mol. The highest BCUT2D eigenvalue weighted by Gasteiger charge is 2.15. The quantitative estimate of drug-likeness (QED) is 0.790. The number of hydrogen-bond acceptors (Lipinski definition) is 5. The summed E-state index contributed by atoms with van der Waals surface area (Å²) in [6, 6.07) is 1.83. The maximum absolute atomic E-state index is 12.0. The van der Waals surface area contributed by atoms with Crippen molar-refractivity contribution < 1.29 is 9.53 Å². The Hall–Kier alpha value is -1.82. The molecule has 1 aromatic heterocycles. The monoisotopic (exact) mass is 280 g/mol. The van der Waals surface area contributed by atoms with Gasteiger partial charge < -0.3 is 20.7 Å². The van der Waals surface area contributed by atoms with Gasteiger partial charge in [-0.25, -0.2) is 4.98 Å². The molecule has 112 valence electrons. The van der Waals surface area contributed by atoms with Crippen LogP contribution < -0.4 is 20.7 Å². The minimum atomic E-state index is -0.0558. The van der Waals surface area contributed by atoms with Crippen LogP contribution in [0.15, 0.2) is 12.3 Å². The fraction of sp³-hybridized carbons (Fsp3) is 0.571. The minimum absolute atomic E-state index is 0.0558. The van der Waals surface area contributed by atoms with Gasteiger partial charge in [0.15, 0.2) is 0 Å². The van der Waals surface area contributed by atoms with Crippen molar-refractivity contribution in [2.45, 2.75) is 19.8 Å². The van der Waals surface area contributed by atoms with Crippen LogP contribution in [-0.4, -0.2) is 38.6 Å². The van der Waals surface area contributed by atoms with Crippen LogP contribution in [0.2, 0.25) is 0 Å². The third-order valence-corrected chi connectivity index (χ3v) is 3.10. The number of nitrogens with two attached hydrogens (primary N) is 1. The van der Waals surface area contributed by atoms with Crippen LogP contribution in [0.3, 0.4) is 0 Å². The van der Waals surface area contributed by atoms with E-state index in [1.54, 1.807) is 6.20 Å². The van der Waals surface area contributed by atoms with Gasteiger partial charge in [0.05, 0.1) is 12.8 Å². The van der Waals surface area contributed by atoms with E-state index in [-0.39, 0.29) is 5.91 Å². The number of pyridine rings is 1. The number of ether oxygens (including phenoxy) is 1. The minimum Gasteiger partial charge on any atom is -0.479 e. The van der Waals surface area contributed by atoms with Crippen molar-refractivity contribution in [2.75, 3.05) is 38.0 Å². The Morgan fingerprint density at radius 1 is 1.55 bits per heavy atom. The van der Waals surface area contributed by atoms with E-state index in [0.717, 1.165) is 12.1 Å². The molecule has 0 aliphatic heterocycles. The molecule has 0 spiro atoms. The Balaban J connectivity index is 2.82. The van der Waals surface area contributed by atoms with Gasteiger partial charge >= 0.3 is 0 Å². The summed E-state index contributed by atoms with van der Waals surface area (Å²) in [6.45, 7) is 2.62. The van der Waals surface area contributed by atoms with E-state index in [1.807, 2.05) is 32.0 Å². The van der Waals surface area contributed by atoms with Crippen molar-refractivity contribution in [3.63, 3.8) is 0 Å². The van der Waals surface area contributed by atoms with Crippen LogP contribution >= 0.6 is 0 Å². The molecule has 1 unspecified atom stereocenters. The topological polar surface area (TPSA) is 80.5 Å². The van der Waals surface area contributed by atoms with Crippen LogP contribution in [0.25, 0.3) is 0 Å². The van der Waals surface area contributed by atoms with Gasteiger partial charge in [0.2, 0.25) is 11.8 Å². The highest BCUT2D eigenvalue weighted by Crippen LogP contribution is 2.32. The molecular formula is C14H24N4O2. The van der Waals surface area contributed by atoms with Gasteiger partial charge in [-0.2, -0.15) is 0 Å². The molecule has 0 aromatic carbocycles. The lowest BCUT2D eigenvalue weighted by molar-refractivity contribution is -0.116. The van der Waals surface area contributed by atoms with Crippen LogP contribution in [0.4, 0.5) is 11.4 Å². The molecule has 0 aliphatic carbocycles. The molecule has 20 heavy (non-hydrogen) atoms. The van der Waals surface area contributed by atoms with Crippen LogP contribution in [-0.2, 0) is 4.79 Å². The first-order valence-corrected chi connectivity index (χ1v) is 6.69. The largest absolute Gasteiger partial charge is 0.479 e. The summed E-state index contributed by atoms with van der Waals surface area (Å²) in [7, 11) is 5.34. The van der Waals surface area contributed by atoms with Crippen LogP contribution in [0, 0.1) is 5.92 Å². The van der Waals surface area contributed by atoms with Crippen molar-refractivity contribution in [1.82, 2.24) is 4.98 Å². The molecule has 6 heteroatoms. The molecule has 1 amide bonds. The normalized spacial score (nSPS) is 11.8. The number of nitrogens with one attached hydrogen (secondary N) is 1. The molecule has 6 nitrogen and oxygen atoms in total. The van der Waals surface area contributed by atoms with Gasteiger partial charge in [0, 0.05) is 26.7 Å². The van der Waals surface area contributed by atoms with E-state index in [4.69, 9.17) is 10.5 Å². The maximum atomic E-state index is 12.0. The molecular weight excluding hydrogens is 256 g/mol. The van der Waals surface area contributed by atoms with Crippen molar-refractivity contribution in [2.24, 2.45) is 11.7 Å². The van der Waals surface area contributed by atoms with Gasteiger partial charge in [0.25, 0.3) is 0 Å². The Bertz CT molecular complexity index is 449. The Morgan fingerprint density at radius 2 is 2.25 bits per heavy atom. The predicted octanol–water partition coefficient (Wildman–Crippen LogP) is 1.47. The molecule has 0 bridgehead atoms. The molecule has 0 fully saturated rings. The third-order valence-electron chi connectivity index (χ3n) is 3.10. The van der Waals surface area contributed by atoms with Crippen LogP contribution in [0.5, 0.6) is 5.88 Å². The second-order valence-electron chi connectivity index (χ2n) is 5.04. The summed E-state index contributed by atoms with van der Waals surface area (Å²) in [4.78, 5) is 18.0. The number of amides is 1. The first-order valence-electron chi connectivity index (χ1n) is 6.69. The standard InChI is InChI=1S/C14H24N4O2/c1-10(9-15)5-6-12(19)17-13-11(18(2)3)7-8-16-14(13)20-4/h7-8,10H,5-6,9,15H2,1-4H3,(H,17,19). The van der Waals surface area contributed by atoms with Crippen molar-refractivity contribution in [1.29, 1.82) is 0 Å². The molecule has 0 saturated heterocycles. The smallest absolute Gasteiger partial charge is 0.239 e. The summed E-state index contributed by atoms with van der Waals surface area (Å²) < 4.78 is 5.21. The lowest BCUT2D eigenvalue weighted by Crippen LogP contribution is -2.19. The van der Waals surface area contributed by atoms with E-state index in [2.05, 4.69) is 10.3 Å². The third kappa shape index (κ3) is 4.38. The molecule has 1 aromatic rings. The average Bonchev–Trinajstić information content (AvgIpc) is 2.44. The number of nitrogens with zero attached hydrogens (tertiary/aromatic N) is 2.